The van der Waals surface area contributed by atoms with Crippen LogP contribution in [0.2, 0.25) is 0 Å². The molecule has 1 aromatic carbocycles. The first-order chi connectivity index (χ1) is 12.0. The zero-order valence-corrected chi connectivity index (χ0v) is 12.9. The smallest absolute Gasteiger partial charge is 0.359 e. The van der Waals surface area contributed by atoms with Crippen LogP contribution in [0.15, 0.2) is 55.0 Å². The van der Waals surface area contributed by atoms with Crippen LogP contribution in [0.25, 0.3) is 22.6 Å². The molecule has 0 saturated carbocycles. The summed E-state index contributed by atoms with van der Waals surface area (Å²) >= 11 is 0. The van der Waals surface area contributed by atoms with Crippen molar-refractivity contribution in [3.05, 3.63) is 71.7 Å². The number of aromatic nitrogens is 4. The lowest BCUT2D eigenvalue weighted by Crippen LogP contribution is -2.10. The lowest BCUT2D eigenvalue weighted by molar-refractivity contribution is -0.138. The third kappa shape index (κ3) is 2.88. The van der Waals surface area contributed by atoms with E-state index in [-0.39, 0.29) is 12.0 Å². The second-order valence-electron chi connectivity index (χ2n) is 5.69. The van der Waals surface area contributed by atoms with E-state index in [1.807, 2.05) is 6.07 Å². The molecular formula is C18H13F3N4. The second-order valence-corrected chi connectivity index (χ2v) is 5.69. The summed E-state index contributed by atoms with van der Waals surface area (Å²) in [5.41, 5.74) is 1.78. The number of halogens is 3. The van der Waals surface area contributed by atoms with E-state index in [0.29, 0.717) is 22.4 Å². The van der Waals surface area contributed by atoms with E-state index in [2.05, 4.69) is 19.9 Å². The summed E-state index contributed by atoms with van der Waals surface area (Å²) in [4.78, 5) is 14.5. The number of pyridine rings is 1. The molecule has 4 nitrogen and oxygen atoms in total. The van der Waals surface area contributed by atoms with Crippen molar-refractivity contribution in [3.63, 3.8) is 0 Å². The molecule has 4 aromatic rings. The van der Waals surface area contributed by atoms with Crippen LogP contribution in [-0.4, -0.2) is 19.9 Å². The molecule has 25 heavy (non-hydrogen) atoms. The third-order valence-electron chi connectivity index (χ3n) is 4.02. The Bertz CT molecular complexity index is 1000. The highest BCUT2D eigenvalue weighted by Crippen LogP contribution is 2.36. The molecule has 0 amide bonds. The minimum atomic E-state index is -4.45. The Kier molecular flexibility index (Phi) is 3.56. The predicted molar refractivity (Wildman–Crippen MR) is 87.9 cm³/mol. The first-order valence-corrected chi connectivity index (χ1v) is 7.64. The number of fused-ring (bicyclic) bond motifs is 1. The maximum Gasteiger partial charge on any atom is 0.416 e. The highest BCUT2D eigenvalue weighted by molar-refractivity contribution is 5.83. The monoisotopic (exact) mass is 342 g/mol. The minimum absolute atomic E-state index is 0.106. The third-order valence-corrected chi connectivity index (χ3v) is 4.02. The molecule has 7 heteroatoms. The second kappa shape index (κ2) is 5.77. The Balaban J connectivity index is 1.91. The highest BCUT2D eigenvalue weighted by Gasteiger charge is 2.34. The molecule has 0 atom stereocenters. The van der Waals surface area contributed by atoms with Crippen LogP contribution in [0.5, 0.6) is 0 Å². The number of nitrogens with zero attached hydrogens (tertiary/aromatic N) is 2. The quantitative estimate of drug-likeness (QED) is 0.573. The Morgan fingerprint density at radius 2 is 1.92 bits per heavy atom. The molecule has 0 aliphatic rings. The molecule has 126 valence electrons. The van der Waals surface area contributed by atoms with E-state index in [1.165, 1.54) is 6.07 Å². The van der Waals surface area contributed by atoms with Gasteiger partial charge in [0.2, 0.25) is 0 Å². The highest BCUT2D eigenvalue weighted by atomic mass is 19.4. The van der Waals surface area contributed by atoms with Crippen LogP contribution in [0, 0.1) is 0 Å². The SMILES string of the molecule is FC(F)(F)c1ccc2[nH]c(-c3ccc[nH]3)nc2c1Cc1cccnc1. The van der Waals surface area contributed by atoms with Crippen LogP contribution in [0.1, 0.15) is 16.7 Å². The van der Waals surface area contributed by atoms with Crippen LogP contribution >= 0.6 is 0 Å². The van der Waals surface area contributed by atoms with E-state index in [0.717, 1.165) is 11.8 Å². The van der Waals surface area contributed by atoms with Gasteiger partial charge in [-0.15, -0.1) is 0 Å². The van der Waals surface area contributed by atoms with Gasteiger partial charge in [-0.1, -0.05) is 6.07 Å². The molecule has 4 rings (SSSR count). The van der Waals surface area contributed by atoms with Crippen LogP contribution in [0.4, 0.5) is 13.2 Å². The van der Waals surface area contributed by atoms with Crippen molar-refractivity contribution in [1.82, 2.24) is 19.9 Å². The van der Waals surface area contributed by atoms with Gasteiger partial charge in [0.05, 0.1) is 22.3 Å². The average molecular weight is 342 g/mol. The molecule has 0 radical (unpaired) electrons. The lowest BCUT2D eigenvalue weighted by Gasteiger charge is -2.13. The maximum atomic E-state index is 13.5. The molecule has 0 spiro atoms. The van der Waals surface area contributed by atoms with Crippen molar-refractivity contribution in [2.45, 2.75) is 12.6 Å². The summed E-state index contributed by atoms with van der Waals surface area (Å²) in [7, 11) is 0. The van der Waals surface area contributed by atoms with Gasteiger partial charge >= 0.3 is 6.18 Å². The van der Waals surface area contributed by atoms with E-state index in [4.69, 9.17) is 0 Å². The van der Waals surface area contributed by atoms with Crippen molar-refractivity contribution < 1.29 is 13.2 Å². The van der Waals surface area contributed by atoms with Gasteiger partial charge in [-0.25, -0.2) is 4.98 Å². The number of alkyl halides is 3. The summed E-state index contributed by atoms with van der Waals surface area (Å²) in [5.74, 6) is 0.506. The number of benzene rings is 1. The molecule has 0 unspecified atom stereocenters. The standard InChI is InChI=1S/C18H13F3N4/c19-18(20,21)13-5-6-14-16(12(13)9-11-3-1-7-22-10-11)25-17(24-14)15-4-2-8-23-15/h1-8,10,23H,9H2,(H,24,25). The van der Waals surface area contributed by atoms with Gasteiger partial charge < -0.3 is 9.97 Å². The van der Waals surface area contributed by atoms with Gasteiger partial charge in [0.15, 0.2) is 5.82 Å². The zero-order chi connectivity index (χ0) is 17.4. The van der Waals surface area contributed by atoms with Crippen LogP contribution in [0.3, 0.4) is 0 Å². The normalized spacial score (nSPS) is 12.0. The summed E-state index contributed by atoms with van der Waals surface area (Å²) < 4.78 is 40.5. The van der Waals surface area contributed by atoms with Crippen molar-refractivity contribution in [2.75, 3.05) is 0 Å². The van der Waals surface area contributed by atoms with Crippen LogP contribution < -0.4 is 0 Å². The fraction of sp³-hybridized carbons (Fsp3) is 0.111. The van der Waals surface area contributed by atoms with Crippen LogP contribution in [-0.2, 0) is 12.6 Å². The molecule has 0 aliphatic heterocycles. The van der Waals surface area contributed by atoms with E-state index in [9.17, 15) is 13.2 Å². The summed E-state index contributed by atoms with van der Waals surface area (Å²) in [5, 5.41) is 0. The summed E-state index contributed by atoms with van der Waals surface area (Å²) in [6.07, 6.45) is 0.552. The van der Waals surface area contributed by atoms with Crippen molar-refractivity contribution >= 4 is 11.0 Å². The Labute approximate surface area is 140 Å². The van der Waals surface area contributed by atoms with Crippen molar-refractivity contribution in [1.29, 1.82) is 0 Å². The molecule has 0 fully saturated rings. The van der Waals surface area contributed by atoms with Gasteiger partial charge in [-0.05, 0) is 41.5 Å². The number of hydrogen-bond acceptors (Lipinski definition) is 2. The minimum Gasteiger partial charge on any atom is -0.359 e. The van der Waals surface area contributed by atoms with Gasteiger partial charge in [-0.3, -0.25) is 4.98 Å². The predicted octanol–water partition coefficient (Wildman–Crippen LogP) is 4.56. The Morgan fingerprint density at radius 1 is 1.04 bits per heavy atom. The number of aromatic amines is 2. The number of H-pyrrole nitrogens is 2. The molecule has 2 N–H and O–H groups in total. The van der Waals surface area contributed by atoms with E-state index >= 15 is 0 Å². The molecule has 3 aromatic heterocycles. The molecule has 0 saturated heterocycles. The van der Waals surface area contributed by atoms with Gasteiger partial charge in [0.25, 0.3) is 0 Å². The number of hydrogen-bond donors (Lipinski definition) is 2. The Hall–Kier alpha value is -3.09. The van der Waals surface area contributed by atoms with Gasteiger partial charge in [0, 0.05) is 25.0 Å². The zero-order valence-electron chi connectivity index (χ0n) is 12.9. The van der Waals surface area contributed by atoms with Crippen molar-refractivity contribution in [2.24, 2.45) is 0 Å². The molecule has 0 aliphatic carbocycles. The first kappa shape index (κ1) is 15.4. The van der Waals surface area contributed by atoms with Gasteiger partial charge in [-0.2, -0.15) is 13.2 Å². The first-order valence-electron chi connectivity index (χ1n) is 7.64. The van der Waals surface area contributed by atoms with Gasteiger partial charge in [0.1, 0.15) is 0 Å². The van der Waals surface area contributed by atoms with E-state index in [1.54, 1.807) is 36.8 Å². The average Bonchev–Trinajstić information content (AvgIpc) is 3.24. The number of imidazole rings is 1. The molecule has 0 bridgehead atoms. The maximum absolute atomic E-state index is 13.5. The van der Waals surface area contributed by atoms with E-state index < -0.39 is 11.7 Å². The fourth-order valence-electron chi connectivity index (χ4n) is 2.89. The lowest BCUT2D eigenvalue weighted by atomic mass is 9.98. The largest absolute Gasteiger partial charge is 0.416 e. The number of rotatable bonds is 3. The topological polar surface area (TPSA) is 57.4 Å². The molecular weight excluding hydrogens is 329 g/mol. The fourth-order valence-corrected chi connectivity index (χ4v) is 2.89. The summed E-state index contributed by atoms with van der Waals surface area (Å²) in [6.45, 7) is 0. The summed E-state index contributed by atoms with van der Waals surface area (Å²) in [6, 6.07) is 9.60. The van der Waals surface area contributed by atoms with Crippen molar-refractivity contribution in [3.8, 4) is 11.5 Å². The molecule has 3 heterocycles. The Morgan fingerprint density at radius 3 is 2.60 bits per heavy atom. The number of nitrogens with one attached hydrogen (secondary N) is 2.